The van der Waals surface area contributed by atoms with Gasteiger partial charge in [0.1, 0.15) is 5.82 Å². The summed E-state index contributed by atoms with van der Waals surface area (Å²) in [5, 5.41) is 3.37. The molecule has 2 rings (SSSR count). The Morgan fingerprint density at radius 1 is 1.25 bits per heavy atom. The van der Waals surface area contributed by atoms with E-state index in [1.807, 2.05) is 12.1 Å². The minimum Gasteiger partial charge on any atom is -0.310 e. The zero-order valence-corrected chi connectivity index (χ0v) is 6.89. The molecule has 1 N–H and O–H groups in total. The number of hydrogen-bond donors (Lipinski definition) is 1. The Kier molecular flexibility index (Phi) is 2.09. The number of hydrogen-bond acceptors (Lipinski definition) is 1. The lowest BCUT2D eigenvalue weighted by Gasteiger charge is -2.01. The summed E-state index contributed by atoms with van der Waals surface area (Å²) in [5.74, 6) is -0.162. The van der Waals surface area contributed by atoms with E-state index in [9.17, 15) is 4.39 Å². The highest BCUT2D eigenvalue weighted by Gasteiger charge is 2.19. The summed E-state index contributed by atoms with van der Waals surface area (Å²) < 4.78 is 12.5. The predicted molar refractivity (Wildman–Crippen MR) is 46.3 cm³/mol. The summed E-state index contributed by atoms with van der Waals surface area (Å²) in [6.07, 6.45) is 2.59. The SMILES string of the molecule is Fc1ccc(CNC2CC2)cc1. The van der Waals surface area contributed by atoms with Gasteiger partial charge in [-0.05, 0) is 30.5 Å². The molecule has 2 heteroatoms. The smallest absolute Gasteiger partial charge is 0.123 e. The molecule has 0 atom stereocenters. The molecule has 0 aromatic heterocycles. The van der Waals surface area contributed by atoms with Gasteiger partial charge in [0.25, 0.3) is 0 Å². The van der Waals surface area contributed by atoms with Crippen molar-refractivity contribution in [2.24, 2.45) is 0 Å². The third-order valence-corrected chi connectivity index (χ3v) is 2.09. The van der Waals surface area contributed by atoms with Crippen LogP contribution in [0, 0.1) is 5.82 Å². The first kappa shape index (κ1) is 7.74. The summed E-state index contributed by atoms with van der Waals surface area (Å²) in [5.41, 5.74) is 1.16. The molecule has 0 amide bonds. The zero-order valence-electron chi connectivity index (χ0n) is 6.89. The lowest BCUT2D eigenvalue weighted by Crippen LogP contribution is -2.15. The highest BCUT2D eigenvalue weighted by atomic mass is 19.1. The van der Waals surface area contributed by atoms with Gasteiger partial charge in [-0.2, -0.15) is 0 Å². The second-order valence-electron chi connectivity index (χ2n) is 3.28. The van der Waals surface area contributed by atoms with Crippen LogP contribution in [-0.4, -0.2) is 6.04 Å². The minimum absolute atomic E-state index is 0.162. The van der Waals surface area contributed by atoms with Gasteiger partial charge in [0.15, 0.2) is 0 Å². The normalized spacial score (nSPS) is 16.4. The quantitative estimate of drug-likeness (QED) is 0.723. The highest BCUT2D eigenvalue weighted by molar-refractivity contribution is 5.15. The van der Waals surface area contributed by atoms with Gasteiger partial charge in [0.05, 0.1) is 0 Å². The fourth-order valence-electron chi connectivity index (χ4n) is 1.15. The van der Waals surface area contributed by atoms with Crippen molar-refractivity contribution in [2.75, 3.05) is 0 Å². The monoisotopic (exact) mass is 165 g/mol. The molecule has 1 aliphatic carbocycles. The van der Waals surface area contributed by atoms with Crippen molar-refractivity contribution in [3.8, 4) is 0 Å². The molecule has 1 nitrogen and oxygen atoms in total. The van der Waals surface area contributed by atoms with Crippen LogP contribution in [0.4, 0.5) is 4.39 Å². The van der Waals surface area contributed by atoms with E-state index in [0.29, 0.717) is 0 Å². The predicted octanol–water partition coefficient (Wildman–Crippen LogP) is 2.08. The van der Waals surface area contributed by atoms with Gasteiger partial charge < -0.3 is 5.32 Å². The van der Waals surface area contributed by atoms with E-state index in [1.165, 1.54) is 25.0 Å². The lowest BCUT2D eigenvalue weighted by atomic mass is 10.2. The van der Waals surface area contributed by atoms with Crippen LogP contribution in [0.25, 0.3) is 0 Å². The minimum atomic E-state index is -0.162. The molecular formula is C10H12FN. The summed E-state index contributed by atoms with van der Waals surface area (Å²) in [7, 11) is 0. The maximum Gasteiger partial charge on any atom is 0.123 e. The zero-order chi connectivity index (χ0) is 8.39. The molecule has 0 unspecified atom stereocenters. The van der Waals surface area contributed by atoms with Crippen molar-refractivity contribution >= 4 is 0 Å². The van der Waals surface area contributed by atoms with Gasteiger partial charge in [0, 0.05) is 12.6 Å². The van der Waals surface area contributed by atoms with Gasteiger partial charge in [-0.15, -0.1) is 0 Å². The number of rotatable bonds is 3. The van der Waals surface area contributed by atoms with E-state index in [2.05, 4.69) is 5.32 Å². The number of benzene rings is 1. The molecule has 0 spiro atoms. The van der Waals surface area contributed by atoms with Crippen molar-refractivity contribution in [1.29, 1.82) is 0 Å². The van der Waals surface area contributed by atoms with E-state index >= 15 is 0 Å². The van der Waals surface area contributed by atoms with Crippen LogP contribution in [0.1, 0.15) is 18.4 Å². The van der Waals surface area contributed by atoms with Crippen molar-refractivity contribution < 1.29 is 4.39 Å². The van der Waals surface area contributed by atoms with Gasteiger partial charge in [0.2, 0.25) is 0 Å². The van der Waals surface area contributed by atoms with Crippen molar-refractivity contribution in [3.05, 3.63) is 35.6 Å². The first-order chi connectivity index (χ1) is 5.84. The van der Waals surface area contributed by atoms with Gasteiger partial charge >= 0.3 is 0 Å². The average Bonchev–Trinajstić information content (AvgIpc) is 2.87. The van der Waals surface area contributed by atoms with Gasteiger partial charge in [-0.3, -0.25) is 0 Å². The van der Waals surface area contributed by atoms with E-state index in [-0.39, 0.29) is 5.82 Å². The van der Waals surface area contributed by atoms with E-state index in [4.69, 9.17) is 0 Å². The summed E-state index contributed by atoms with van der Waals surface area (Å²) >= 11 is 0. The first-order valence-corrected chi connectivity index (χ1v) is 4.32. The molecule has 0 heterocycles. The second-order valence-corrected chi connectivity index (χ2v) is 3.28. The number of nitrogens with one attached hydrogen (secondary N) is 1. The molecule has 1 aromatic carbocycles. The summed E-state index contributed by atoms with van der Waals surface area (Å²) in [6.45, 7) is 0.866. The molecule has 1 saturated carbocycles. The topological polar surface area (TPSA) is 12.0 Å². The van der Waals surface area contributed by atoms with Crippen molar-refractivity contribution in [1.82, 2.24) is 5.32 Å². The fraction of sp³-hybridized carbons (Fsp3) is 0.400. The van der Waals surface area contributed by atoms with Crippen LogP contribution in [0.5, 0.6) is 0 Å². The Labute approximate surface area is 71.6 Å². The van der Waals surface area contributed by atoms with E-state index < -0.39 is 0 Å². The summed E-state index contributed by atoms with van der Waals surface area (Å²) in [6, 6.07) is 7.37. The van der Waals surface area contributed by atoms with Crippen LogP contribution < -0.4 is 5.32 Å². The molecule has 12 heavy (non-hydrogen) atoms. The van der Waals surface area contributed by atoms with Crippen LogP contribution in [-0.2, 0) is 6.54 Å². The molecule has 64 valence electrons. The fourth-order valence-corrected chi connectivity index (χ4v) is 1.15. The largest absolute Gasteiger partial charge is 0.310 e. The molecule has 1 aromatic rings. The van der Waals surface area contributed by atoms with Crippen LogP contribution in [0.2, 0.25) is 0 Å². The van der Waals surface area contributed by atoms with E-state index in [1.54, 1.807) is 0 Å². The Morgan fingerprint density at radius 2 is 1.92 bits per heavy atom. The molecule has 1 aliphatic rings. The van der Waals surface area contributed by atoms with Crippen molar-refractivity contribution in [2.45, 2.75) is 25.4 Å². The lowest BCUT2D eigenvalue weighted by molar-refractivity contribution is 0.624. The molecule has 0 radical (unpaired) electrons. The van der Waals surface area contributed by atoms with Gasteiger partial charge in [-0.25, -0.2) is 4.39 Å². The molecule has 0 bridgehead atoms. The van der Waals surface area contributed by atoms with Gasteiger partial charge in [-0.1, -0.05) is 12.1 Å². The third kappa shape index (κ3) is 2.05. The average molecular weight is 165 g/mol. The molecule has 1 fully saturated rings. The third-order valence-electron chi connectivity index (χ3n) is 2.09. The molecule has 0 aliphatic heterocycles. The van der Waals surface area contributed by atoms with Crippen LogP contribution in [0.15, 0.2) is 24.3 Å². The second kappa shape index (κ2) is 3.23. The van der Waals surface area contributed by atoms with Crippen LogP contribution >= 0.6 is 0 Å². The maximum atomic E-state index is 12.5. The Bertz CT molecular complexity index is 251. The summed E-state index contributed by atoms with van der Waals surface area (Å²) in [4.78, 5) is 0. The Hall–Kier alpha value is -0.890. The van der Waals surface area contributed by atoms with Crippen LogP contribution in [0.3, 0.4) is 0 Å². The highest BCUT2D eigenvalue weighted by Crippen LogP contribution is 2.19. The first-order valence-electron chi connectivity index (χ1n) is 4.32. The Morgan fingerprint density at radius 3 is 2.50 bits per heavy atom. The number of halogens is 1. The molecular weight excluding hydrogens is 153 g/mol. The standard InChI is InChI=1S/C10H12FN/c11-9-3-1-8(2-4-9)7-12-10-5-6-10/h1-4,10,12H,5-7H2. The maximum absolute atomic E-state index is 12.5. The van der Waals surface area contributed by atoms with E-state index in [0.717, 1.165) is 18.2 Å². The Balaban J connectivity index is 1.89. The molecule has 0 saturated heterocycles. The van der Waals surface area contributed by atoms with Crippen molar-refractivity contribution in [3.63, 3.8) is 0 Å².